The minimum Gasteiger partial charge on any atom is -0.462 e. The van der Waals surface area contributed by atoms with Gasteiger partial charge in [-0.1, -0.05) is 19.8 Å². The van der Waals surface area contributed by atoms with Crippen LogP contribution >= 0.6 is 0 Å². The van der Waals surface area contributed by atoms with E-state index in [2.05, 4.69) is 16.8 Å². The summed E-state index contributed by atoms with van der Waals surface area (Å²) in [5, 5.41) is 0. The SMILES string of the molecule is CCOC(=O)c1cc(N2CCCCCC2CC)ncc1N. The number of carbonyl (C=O) groups is 1. The zero-order chi connectivity index (χ0) is 15.2. The number of aromatic nitrogens is 1. The highest BCUT2D eigenvalue weighted by Gasteiger charge is 2.22. The Morgan fingerprint density at radius 2 is 2.24 bits per heavy atom. The minimum atomic E-state index is -0.374. The third-order valence-electron chi connectivity index (χ3n) is 4.06. The Hall–Kier alpha value is -1.78. The van der Waals surface area contributed by atoms with Crippen molar-refractivity contribution in [1.29, 1.82) is 0 Å². The maximum Gasteiger partial charge on any atom is 0.340 e. The number of carbonyl (C=O) groups excluding carboxylic acids is 1. The third-order valence-corrected chi connectivity index (χ3v) is 4.06. The van der Waals surface area contributed by atoms with Crippen LogP contribution in [0.15, 0.2) is 12.3 Å². The second kappa shape index (κ2) is 7.29. The number of nitrogens with two attached hydrogens (primary N) is 1. The van der Waals surface area contributed by atoms with Gasteiger partial charge in [0.05, 0.1) is 24.1 Å². The van der Waals surface area contributed by atoms with Crippen LogP contribution in [0.5, 0.6) is 0 Å². The molecule has 0 spiro atoms. The van der Waals surface area contributed by atoms with Gasteiger partial charge in [-0.2, -0.15) is 0 Å². The standard InChI is InChI=1S/C16H25N3O2/c1-3-12-8-6-5-7-9-19(12)15-10-13(14(17)11-18-15)16(20)21-4-2/h10-12H,3-9,17H2,1-2H3. The van der Waals surface area contributed by atoms with E-state index in [1.807, 2.05) is 0 Å². The van der Waals surface area contributed by atoms with Gasteiger partial charge >= 0.3 is 5.97 Å². The quantitative estimate of drug-likeness (QED) is 0.864. The molecule has 0 bridgehead atoms. The second-order valence-corrected chi connectivity index (χ2v) is 5.46. The molecule has 5 nitrogen and oxygen atoms in total. The highest BCUT2D eigenvalue weighted by Crippen LogP contribution is 2.26. The first-order valence-electron chi connectivity index (χ1n) is 7.86. The topological polar surface area (TPSA) is 68.5 Å². The van der Waals surface area contributed by atoms with Crippen LogP contribution in [0.2, 0.25) is 0 Å². The van der Waals surface area contributed by atoms with Crippen LogP contribution in [0.25, 0.3) is 0 Å². The number of ether oxygens (including phenoxy) is 1. The maximum atomic E-state index is 12.0. The molecule has 21 heavy (non-hydrogen) atoms. The Bertz CT molecular complexity index is 490. The van der Waals surface area contributed by atoms with Gasteiger partial charge in [0, 0.05) is 12.6 Å². The predicted molar refractivity (Wildman–Crippen MR) is 84.5 cm³/mol. The summed E-state index contributed by atoms with van der Waals surface area (Å²) in [4.78, 5) is 18.7. The van der Waals surface area contributed by atoms with E-state index in [4.69, 9.17) is 10.5 Å². The van der Waals surface area contributed by atoms with E-state index < -0.39 is 0 Å². The smallest absolute Gasteiger partial charge is 0.340 e. The molecule has 1 aliphatic rings. The lowest BCUT2D eigenvalue weighted by molar-refractivity contribution is 0.0527. The van der Waals surface area contributed by atoms with Crippen LogP contribution in [0.4, 0.5) is 11.5 Å². The largest absolute Gasteiger partial charge is 0.462 e. The lowest BCUT2D eigenvalue weighted by atomic mass is 10.1. The molecule has 116 valence electrons. The summed E-state index contributed by atoms with van der Waals surface area (Å²) in [6.45, 7) is 5.32. The highest BCUT2D eigenvalue weighted by atomic mass is 16.5. The van der Waals surface area contributed by atoms with Crippen LogP contribution < -0.4 is 10.6 Å². The van der Waals surface area contributed by atoms with Gasteiger partial charge in [0.1, 0.15) is 5.82 Å². The number of hydrogen-bond donors (Lipinski definition) is 1. The van der Waals surface area contributed by atoms with E-state index in [0.29, 0.717) is 23.9 Å². The monoisotopic (exact) mass is 291 g/mol. The summed E-state index contributed by atoms with van der Waals surface area (Å²) >= 11 is 0. The van der Waals surface area contributed by atoms with Gasteiger partial charge < -0.3 is 15.4 Å². The van der Waals surface area contributed by atoms with Crippen molar-refractivity contribution in [2.24, 2.45) is 0 Å². The van der Waals surface area contributed by atoms with Crippen molar-refractivity contribution in [2.45, 2.75) is 52.0 Å². The summed E-state index contributed by atoms with van der Waals surface area (Å²) < 4.78 is 5.06. The number of hydrogen-bond acceptors (Lipinski definition) is 5. The van der Waals surface area contributed by atoms with Gasteiger partial charge in [-0.05, 0) is 32.3 Å². The molecule has 0 radical (unpaired) electrons. The van der Waals surface area contributed by atoms with Gasteiger partial charge in [-0.3, -0.25) is 0 Å². The summed E-state index contributed by atoms with van der Waals surface area (Å²) in [6, 6.07) is 2.26. The van der Waals surface area contributed by atoms with Crippen molar-refractivity contribution >= 4 is 17.5 Å². The lowest BCUT2D eigenvalue weighted by Gasteiger charge is -2.30. The van der Waals surface area contributed by atoms with Crippen molar-refractivity contribution < 1.29 is 9.53 Å². The highest BCUT2D eigenvalue weighted by molar-refractivity contribution is 5.95. The van der Waals surface area contributed by atoms with Crippen molar-refractivity contribution in [3.8, 4) is 0 Å². The molecular formula is C16H25N3O2. The average Bonchev–Trinajstić information content (AvgIpc) is 2.73. The van der Waals surface area contributed by atoms with Crippen LogP contribution in [-0.2, 0) is 4.74 Å². The number of nitrogen functional groups attached to an aromatic ring is 1. The van der Waals surface area contributed by atoms with E-state index in [1.165, 1.54) is 19.3 Å². The first-order chi connectivity index (χ1) is 10.2. The maximum absolute atomic E-state index is 12.0. The minimum absolute atomic E-state index is 0.344. The third kappa shape index (κ3) is 3.65. The van der Waals surface area contributed by atoms with Crippen LogP contribution in [0, 0.1) is 0 Å². The van der Waals surface area contributed by atoms with Gasteiger partial charge in [-0.15, -0.1) is 0 Å². The molecule has 0 aromatic carbocycles. The Morgan fingerprint density at radius 1 is 1.43 bits per heavy atom. The molecule has 2 N–H and O–H groups in total. The summed E-state index contributed by atoms with van der Waals surface area (Å²) in [5.74, 6) is 0.461. The fraction of sp³-hybridized carbons (Fsp3) is 0.625. The van der Waals surface area contributed by atoms with Crippen LogP contribution in [0.3, 0.4) is 0 Å². The normalized spacial score (nSPS) is 19.1. The molecular weight excluding hydrogens is 266 g/mol. The molecule has 0 aliphatic carbocycles. The molecule has 1 aromatic rings. The van der Waals surface area contributed by atoms with Crippen LogP contribution in [0.1, 0.15) is 56.3 Å². The Balaban J connectivity index is 2.29. The van der Waals surface area contributed by atoms with Crippen molar-refractivity contribution in [3.05, 3.63) is 17.8 Å². The molecule has 1 aliphatic heterocycles. The number of rotatable bonds is 4. The second-order valence-electron chi connectivity index (χ2n) is 5.46. The molecule has 5 heteroatoms. The zero-order valence-electron chi connectivity index (χ0n) is 13.0. The van der Waals surface area contributed by atoms with Gasteiger partial charge in [0.15, 0.2) is 0 Å². The average molecular weight is 291 g/mol. The molecule has 1 saturated heterocycles. The van der Waals surface area contributed by atoms with Gasteiger partial charge in [0.2, 0.25) is 0 Å². The number of nitrogens with zero attached hydrogens (tertiary/aromatic N) is 2. The number of pyridine rings is 1. The number of esters is 1. The molecule has 1 aromatic heterocycles. The predicted octanol–water partition coefficient (Wildman–Crippen LogP) is 3.00. The fourth-order valence-electron chi connectivity index (χ4n) is 2.90. The van der Waals surface area contributed by atoms with E-state index in [0.717, 1.165) is 25.2 Å². The molecule has 0 amide bonds. The number of anilines is 2. The van der Waals surface area contributed by atoms with Crippen molar-refractivity contribution in [2.75, 3.05) is 23.8 Å². The molecule has 1 unspecified atom stereocenters. The van der Waals surface area contributed by atoms with Crippen molar-refractivity contribution in [3.63, 3.8) is 0 Å². The lowest BCUT2D eigenvalue weighted by Crippen LogP contribution is -2.35. The summed E-state index contributed by atoms with van der Waals surface area (Å²) in [5.41, 5.74) is 6.66. The molecule has 2 rings (SSSR count). The summed E-state index contributed by atoms with van der Waals surface area (Å²) in [7, 11) is 0. The van der Waals surface area contributed by atoms with Crippen molar-refractivity contribution in [1.82, 2.24) is 4.98 Å². The van der Waals surface area contributed by atoms with E-state index in [1.54, 1.807) is 19.2 Å². The molecule has 1 fully saturated rings. The first-order valence-corrected chi connectivity index (χ1v) is 7.86. The fourth-order valence-corrected chi connectivity index (χ4v) is 2.90. The van der Waals surface area contributed by atoms with E-state index >= 15 is 0 Å². The van der Waals surface area contributed by atoms with E-state index in [-0.39, 0.29) is 5.97 Å². The Morgan fingerprint density at radius 3 is 2.95 bits per heavy atom. The molecule has 0 saturated carbocycles. The van der Waals surface area contributed by atoms with E-state index in [9.17, 15) is 4.79 Å². The Labute approximate surface area is 126 Å². The Kier molecular flexibility index (Phi) is 5.42. The van der Waals surface area contributed by atoms with Crippen LogP contribution in [-0.4, -0.2) is 30.1 Å². The zero-order valence-corrected chi connectivity index (χ0v) is 13.0. The van der Waals surface area contributed by atoms with Gasteiger partial charge in [0.25, 0.3) is 0 Å². The van der Waals surface area contributed by atoms with Gasteiger partial charge in [-0.25, -0.2) is 9.78 Å². The molecule has 2 heterocycles. The summed E-state index contributed by atoms with van der Waals surface area (Å²) in [6.07, 6.45) is 7.51. The first kappa shape index (κ1) is 15.6. The molecule has 1 atom stereocenters.